The molecule has 0 fully saturated rings. The summed E-state index contributed by atoms with van der Waals surface area (Å²) in [6.07, 6.45) is -0.0503. The SMILES string of the molecule is Cc1noc(C)c1C(=O)Nc1ccccc1CC(=O)NCC(=O)O. The molecule has 1 aromatic carbocycles. The van der Waals surface area contributed by atoms with Crippen LogP contribution < -0.4 is 10.6 Å². The number of hydrogen-bond acceptors (Lipinski definition) is 5. The molecule has 2 aromatic rings. The summed E-state index contributed by atoms with van der Waals surface area (Å²) in [4.78, 5) is 34.6. The molecule has 0 aliphatic rings. The van der Waals surface area contributed by atoms with Gasteiger partial charge in [-0.05, 0) is 25.5 Å². The first kappa shape index (κ1) is 17.2. The standard InChI is InChI=1S/C16H17N3O5/c1-9-15(10(2)24-19-9)16(23)18-12-6-4-3-5-11(12)7-13(20)17-8-14(21)22/h3-6H,7-8H2,1-2H3,(H,17,20)(H,18,23)(H,21,22). The first-order valence-corrected chi connectivity index (χ1v) is 7.19. The number of carboxylic acid groups (broad SMARTS) is 1. The average molecular weight is 331 g/mol. The van der Waals surface area contributed by atoms with Crippen LogP contribution in [-0.2, 0) is 16.0 Å². The number of carbonyl (C=O) groups is 3. The van der Waals surface area contributed by atoms with Crippen molar-refractivity contribution in [2.45, 2.75) is 20.3 Å². The van der Waals surface area contributed by atoms with E-state index in [-0.39, 0.29) is 12.3 Å². The summed E-state index contributed by atoms with van der Waals surface area (Å²) in [5.41, 5.74) is 1.86. The number of carboxylic acids is 1. The molecule has 0 aliphatic heterocycles. The van der Waals surface area contributed by atoms with Crippen molar-refractivity contribution < 1.29 is 24.0 Å². The lowest BCUT2D eigenvalue weighted by atomic mass is 10.1. The summed E-state index contributed by atoms with van der Waals surface area (Å²) in [6, 6.07) is 6.80. The van der Waals surface area contributed by atoms with Crippen molar-refractivity contribution in [1.82, 2.24) is 10.5 Å². The van der Waals surface area contributed by atoms with E-state index in [1.165, 1.54) is 0 Å². The number of rotatable bonds is 6. The van der Waals surface area contributed by atoms with Gasteiger partial charge in [-0.25, -0.2) is 0 Å². The van der Waals surface area contributed by atoms with Gasteiger partial charge < -0.3 is 20.3 Å². The highest BCUT2D eigenvalue weighted by Crippen LogP contribution is 2.19. The first-order valence-electron chi connectivity index (χ1n) is 7.19. The summed E-state index contributed by atoms with van der Waals surface area (Å²) in [6.45, 7) is 2.85. The van der Waals surface area contributed by atoms with Gasteiger partial charge in [0.25, 0.3) is 5.91 Å². The third kappa shape index (κ3) is 4.19. The van der Waals surface area contributed by atoms with Crippen LogP contribution in [0.4, 0.5) is 5.69 Å². The minimum atomic E-state index is -1.12. The molecule has 0 bridgehead atoms. The second kappa shape index (κ2) is 7.40. The van der Waals surface area contributed by atoms with Gasteiger partial charge in [0.15, 0.2) is 0 Å². The fourth-order valence-corrected chi connectivity index (χ4v) is 2.20. The Bertz CT molecular complexity index is 762. The number of anilines is 1. The van der Waals surface area contributed by atoms with E-state index in [2.05, 4.69) is 15.8 Å². The molecule has 2 rings (SSSR count). The van der Waals surface area contributed by atoms with Crippen LogP contribution in [0.3, 0.4) is 0 Å². The number of nitrogens with zero attached hydrogens (tertiary/aromatic N) is 1. The van der Waals surface area contributed by atoms with Gasteiger partial charge >= 0.3 is 5.97 Å². The molecule has 24 heavy (non-hydrogen) atoms. The quantitative estimate of drug-likeness (QED) is 0.733. The number of carbonyl (C=O) groups excluding carboxylic acids is 2. The van der Waals surface area contributed by atoms with Gasteiger partial charge in [0, 0.05) is 5.69 Å². The van der Waals surface area contributed by atoms with Crippen molar-refractivity contribution in [1.29, 1.82) is 0 Å². The van der Waals surface area contributed by atoms with Gasteiger partial charge in [0.2, 0.25) is 5.91 Å². The Labute approximate surface area is 137 Å². The van der Waals surface area contributed by atoms with Crippen molar-refractivity contribution in [2.75, 3.05) is 11.9 Å². The van der Waals surface area contributed by atoms with Gasteiger partial charge in [-0.3, -0.25) is 14.4 Å². The van der Waals surface area contributed by atoms with Crippen LogP contribution >= 0.6 is 0 Å². The average Bonchev–Trinajstić information content (AvgIpc) is 2.86. The number of amides is 2. The number of aromatic nitrogens is 1. The minimum absolute atomic E-state index is 0.0503. The van der Waals surface area contributed by atoms with Crippen LogP contribution in [0.25, 0.3) is 0 Å². The van der Waals surface area contributed by atoms with E-state index in [4.69, 9.17) is 9.63 Å². The Balaban J connectivity index is 2.13. The van der Waals surface area contributed by atoms with Crippen molar-refractivity contribution >= 4 is 23.5 Å². The van der Waals surface area contributed by atoms with E-state index in [1.54, 1.807) is 38.1 Å². The van der Waals surface area contributed by atoms with Crippen molar-refractivity contribution in [3.8, 4) is 0 Å². The van der Waals surface area contributed by atoms with E-state index in [0.717, 1.165) is 0 Å². The van der Waals surface area contributed by atoms with Gasteiger partial charge in [0.05, 0.1) is 12.1 Å². The zero-order valence-electron chi connectivity index (χ0n) is 13.3. The number of aryl methyl sites for hydroxylation is 2. The number of aliphatic carboxylic acids is 1. The van der Waals surface area contributed by atoms with Gasteiger partial charge in [0.1, 0.15) is 17.9 Å². The summed E-state index contributed by atoms with van der Waals surface area (Å²) >= 11 is 0. The highest BCUT2D eigenvalue weighted by atomic mass is 16.5. The maximum Gasteiger partial charge on any atom is 0.322 e. The largest absolute Gasteiger partial charge is 0.480 e. The molecule has 0 saturated carbocycles. The van der Waals surface area contributed by atoms with E-state index >= 15 is 0 Å². The van der Waals surface area contributed by atoms with Gasteiger partial charge in [-0.1, -0.05) is 23.4 Å². The third-order valence-electron chi connectivity index (χ3n) is 3.31. The normalized spacial score (nSPS) is 10.2. The van der Waals surface area contributed by atoms with Crippen LogP contribution in [0.1, 0.15) is 27.4 Å². The molecule has 126 valence electrons. The van der Waals surface area contributed by atoms with E-state index in [0.29, 0.717) is 28.3 Å². The highest BCUT2D eigenvalue weighted by Gasteiger charge is 2.19. The molecule has 1 heterocycles. The van der Waals surface area contributed by atoms with Crippen LogP contribution in [0.2, 0.25) is 0 Å². The van der Waals surface area contributed by atoms with Gasteiger partial charge in [-0.2, -0.15) is 0 Å². The molecule has 2 amide bonds. The monoisotopic (exact) mass is 331 g/mol. The van der Waals surface area contributed by atoms with Crippen LogP contribution in [0.5, 0.6) is 0 Å². The summed E-state index contributed by atoms with van der Waals surface area (Å²) in [5.74, 6) is -1.55. The number of hydrogen-bond donors (Lipinski definition) is 3. The Hall–Kier alpha value is -3.16. The first-order chi connectivity index (χ1) is 11.4. The summed E-state index contributed by atoms with van der Waals surface area (Å²) in [5, 5.41) is 17.3. The zero-order valence-corrected chi connectivity index (χ0v) is 13.3. The maximum atomic E-state index is 12.4. The molecular weight excluding hydrogens is 314 g/mol. The lowest BCUT2D eigenvalue weighted by Gasteiger charge is -2.11. The topological polar surface area (TPSA) is 122 Å². The summed E-state index contributed by atoms with van der Waals surface area (Å²) in [7, 11) is 0. The fraction of sp³-hybridized carbons (Fsp3) is 0.250. The molecule has 0 atom stereocenters. The molecule has 0 saturated heterocycles. The molecule has 0 radical (unpaired) electrons. The molecule has 0 aliphatic carbocycles. The predicted octanol–water partition coefficient (Wildman–Crippen LogP) is 1.29. The minimum Gasteiger partial charge on any atom is -0.480 e. The van der Waals surface area contributed by atoms with E-state index in [1.807, 2.05) is 0 Å². The second-order valence-corrected chi connectivity index (χ2v) is 5.16. The lowest BCUT2D eigenvalue weighted by molar-refractivity contribution is -0.137. The molecule has 1 aromatic heterocycles. The fourth-order valence-electron chi connectivity index (χ4n) is 2.20. The smallest absolute Gasteiger partial charge is 0.322 e. The molecular formula is C16H17N3O5. The molecule has 0 unspecified atom stereocenters. The third-order valence-corrected chi connectivity index (χ3v) is 3.31. The predicted molar refractivity (Wildman–Crippen MR) is 84.7 cm³/mol. The van der Waals surface area contributed by atoms with Crippen molar-refractivity contribution in [3.63, 3.8) is 0 Å². The molecule has 0 spiro atoms. The van der Waals surface area contributed by atoms with Crippen LogP contribution in [0.15, 0.2) is 28.8 Å². The Kier molecular flexibility index (Phi) is 5.31. The molecule has 8 nitrogen and oxygen atoms in total. The Morgan fingerprint density at radius 1 is 1.21 bits per heavy atom. The van der Waals surface area contributed by atoms with E-state index < -0.39 is 18.4 Å². The van der Waals surface area contributed by atoms with E-state index in [9.17, 15) is 14.4 Å². The lowest BCUT2D eigenvalue weighted by Crippen LogP contribution is -2.30. The van der Waals surface area contributed by atoms with Crippen molar-refractivity contribution in [2.24, 2.45) is 0 Å². The number of para-hydroxylation sites is 1. The highest BCUT2D eigenvalue weighted by molar-refractivity contribution is 6.06. The van der Waals surface area contributed by atoms with Gasteiger partial charge in [-0.15, -0.1) is 0 Å². The van der Waals surface area contributed by atoms with Crippen molar-refractivity contribution in [3.05, 3.63) is 46.8 Å². The molecule has 8 heteroatoms. The number of nitrogens with one attached hydrogen (secondary N) is 2. The zero-order chi connectivity index (χ0) is 17.7. The van der Waals surface area contributed by atoms with Crippen LogP contribution in [-0.4, -0.2) is 34.6 Å². The molecule has 3 N–H and O–H groups in total. The Morgan fingerprint density at radius 3 is 2.54 bits per heavy atom. The number of benzene rings is 1. The summed E-state index contributed by atoms with van der Waals surface area (Å²) < 4.78 is 4.97. The van der Waals surface area contributed by atoms with Crippen LogP contribution in [0, 0.1) is 13.8 Å². The second-order valence-electron chi connectivity index (χ2n) is 5.16. The maximum absolute atomic E-state index is 12.4. The Morgan fingerprint density at radius 2 is 1.92 bits per heavy atom.